The van der Waals surface area contributed by atoms with E-state index in [1.165, 1.54) is 30.4 Å². The molecule has 1 aromatic heterocycles. The summed E-state index contributed by atoms with van der Waals surface area (Å²) >= 11 is 5.97. The molecule has 0 radical (unpaired) electrons. The minimum Gasteiger partial charge on any atom is -0.309 e. The van der Waals surface area contributed by atoms with Crippen molar-refractivity contribution in [3.05, 3.63) is 76.1 Å². The number of rotatable bonds is 4. The number of hydrogen-bond acceptors (Lipinski definition) is 3. The number of aromatic nitrogens is 2. The van der Waals surface area contributed by atoms with E-state index in [9.17, 15) is 4.79 Å². The second-order valence-corrected chi connectivity index (χ2v) is 9.03. The van der Waals surface area contributed by atoms with Gasteiger partial charge in [0.2, 0.25) is 5.91 Å². The Morgan fingerprint density at radius 3 is 2.55 bits per heavy atom. The molecule has 31 heavy (non-hydrogen) atoms. The van der Waals surface area contributed by atoms with Crippen LogP contribution in [0.5, 0.6) is 0 Å². The molecular formula is C26H26ClN3O. The summed E-state index contributed by atoms with van der Waals surface area (Å²) in [6.07, 6.45) is 8.00. The minimum absolute atomic E-state index is 0.0650. The van der Waals surface area contributed by atoms with Crippen LogP contribution >= 0.6 is 11.6 Å². The summed E-state index contributed by atoms with van der Waals surface area (Å²) < 4.78 is 0. The smallest absolute Gasteiger partial charge is 0.229 e. The molecular weight excluding hydrogens is 406 g/mol. The van der Waals surface area contributed by atoms with Gasteiger partial charge in [-0.1, -0.05) is 67.3 Å². The molecule has 0 aliphatic heterocycles. The summed E-state index contributed by atoms with van der Waals surface area (Å²) in [5, 5.41) is 3.77. The number of carbonyl (C=O) groups is 1. The number of nitrogens with one attached hydrogen (secondary N) is 1. The molecule has 0 bridgehead atoms. The standard InChI is InChI=1S/C26H26ClN3O/c27-20-13-10-17(11-14-20)16-23(31)29-26-24(19-7-2-1-3-8-19)30-25-21-9-5-4-6-18(21)12-15-22(25)28-26/h4-6,9-11,13-14,19H,1-3,7-8,12,15-16H2,(H,28,29,31). The van der Waals surface area contributed by atoms with E-state index in [1.807, 2.05) is 24.3 Å². The average molecular weight is 432 g/mol. The molecule has 1 fully saturated rings. The molecule has 1 heterocycles. The number of benzene rings is 2. The summed E-state index contributed by atoms with van der Waals surface area (Å²) in [5.41, 5.74) is 6.39. The lowest BCUT2D eigenvalue weighted by molar-refractivity contribution is -0.115. The van der Waals surface area contributed by atoms with E-state index in [0.29, 0.717) is 23.2 Å². The molecule has 2 aliphatic carbocycles. The van der Waals surface area contributed by atoms with Gasteiger partial charge in [0.15, 0.2) is 5.82 Å². The largest absolute Gasteiger partial charge is 0.309 e. The van der Waals surface area contributed by atoms with Crippen molar-refractivity contribution < 1.29 is 4.79 Å². The SMILES string of the molecule is O=C(Cc1ccc(Cl)cc1)Nc1nc2c(nc1C1CCCCC1)-c1ccccc1CC2. The van der Waals surface area contributed by atoms with Crippen LogP contribution in [-0.2, 0) is 24.1 Å². The molecule has 3 aromatic rings. The topological polar surface area (TPSA) is 54.9 Å². The number of nitrogens with zero attached hydrogens (tertiary/aromatic N) is 2. The highest BCUT2D eigenvalue weighted by molar-refractivity contribution is 6.30. The number of amides is 1. The second-order valence-electron chi connectivity index (χ2n) is 8.60. The second kappa shape index (κ2) is 8.80. The summed E-state index contributed by atoms with van der Waals surface area (Å²) in [6, 6.07) is 15.9. The molecule has 2 aromatic carbocycles. The van der Waals surface area contributed by atoms with Gasteiger partial charge in [0, 0.05) is 16.5 Å². The predicted octanol–water partition coefficient (Wildman–Crippen LogP) is 6.12. The fraction of sp³-hybridized carbons (Fsp3) is 0.346. The number of halogens is 1. The Balaban J connectivity index is 1.48. The van der Waals surface area contributed by atoms with Crippen LogP contribution in [0.3, 0.4) is 0 Å². The molecule has 4 nitrogen and oxygen atoms in total. The first-order chi connectivity index (χ1) is 15.2. The number of hydrogen-bond donors (Lipinski definition) is 1. The van der Waals surface area contributed by atoms with Crippen molar-refractivity contribution in [2.75, 3.05) is 5.32 Å². The molecule has 0 spiro atoms. The highest BCUT2D eigenvalue weighted by atomic mass is 35.5. The molecule has 2 aliphatic rings. The zero-order valence-electron chi connectivity index (χ0n) is 17.5. The number of fused-ring (bicyclic) bond motifs is 3. The third kappa shape index (κ3) is 4.35. The number of anilines is 1. The lowest BCUT2D eigenvalue weighted by atomic mass is 9.85. The molecule has 0 atom stereocenters. The molecule has 1 saturated carbocycles. The van der Waals surface area contributed by atoms with Crippen LogP contribution in [0.4, 0.5) is 5.82 Å². The van der Waals surface area contributed by atoms with Gasteiger partial charge in [-0.2, -0.15) is 0 Å². The van der Waals surface area contributed by atoms with Crippen molar-refractivity contribution in [1.29, 1.82) is 0 Å². The van der Waals surface area contributed by atoms with Crippen molar-refractivity contribution in [1.82, 2.24) is 9.97 Å². The van der Waals surface area contributed by atoms with Gasteiger partial charge in [-0.05, 0) is 48.9 Å². The van der Waals surface area contributed by atoms with Gasteiger partial charge in [-0.25, -0.2) is 9.97 Å². The molecule has 1 amide bonds. The first kappa shape index (κ1) is 20.2. The summed E-state index contributed by atoms with van der Waals surface area (Å²) in [4.78, 5) is 23.0. The maximum Gasteiger partial charge on any atom is 0.229 e. The van der Waals surface area contributed by atoms with Gasteiger partial charge in [0.1, 0.15) is 0 Å². The normalized spacial score (nSPS) is 15.8. The van der Waals surface area contributed by atoms with Crippen molar-refractivity contribution in [2.24, 2.45) is 0 Å². The Kier molecular flexibility index (Phi) is 5.73. The van der Waals surface area contributed by atoms with E-state index in [0.717, 1.165) is 48.3 Å². The monoisotopic (exact) mass is 431 g/mol. The lowest BCUT2D eigenvalue weighted by Gasteiger charge is -2.26. The zero-order valence-corrected chi connectivity index (χ0v) is 18.3. The number of aryl methyl sites for hydroxylation is 2. The molecule has 0 saturated heterocycles. The van der Waals surface area contributed by atoms with E-state index < -0.39 is 0 Å². The van der Waals surface area contributed by atoms with E-state index >= 15 is 0 Å². The highest BCUT2D eigenvalue weighted by Gasteiger charge is 2.27. The highest BCUT2D eigenvalue weighted by Crippen LogP contribution is 2.38. The molecule has 5 heteroatoms. The minimum atomic E-state index is -0.0650. The predicted molar refractivity (Wildman–Crippen MR) is 124 cm³/mol. The van der Waals surface area contributed by atoms with Gasteiger partial charge >= 0.3 is 0 Å². The first-order valence-electron chi connectivity index (χ1n) is 11.2. The Morgan fingerprint density at radius 1 is 0.968 bits per heavy atom. The van der Waals surface area contributed by atoms with Gasteiger partial charge in [-0.3, -0.25) is 4.79 Å². The number of carbonyl (C=O) groups excluding carboxylic acids is 1. The van der Waals surface area contributed by atoms with Crippen LogP contribution in [0.1, 0.15) is 60.5 Å². The van der Waals surface area contributed by atoms with Crippen LogP contribution in [0, 0.1) is 0 Å². The Hall–Kier alpha value is -2.72. The molecule has 1 N–H and O–H groups in total. The van der Waals surface area contributed by atoms with E-state index in [4.69, 9.17) is 21.6 Å². The first-order valence-corrected chi connectivity index (χ1v) is 11.6. The fourth-order valence-corrected chi connectivity index (χ4v) is 4.94. The Morgan fingerprint density at radius 2 is 1.74 bits per heavy atom. The van der Waals surface area contributed by atoms with Gasteiger partial charge in [0.05, 0.1) is 23.5 Å². The Labute approximate surface area is 188 Å². The Bertz CT molecular complexity index is 1100. The van der Waals surface area contributed by atoms with Gasteiger partial charge < -0.3 is 5.32 Å². The van der Waals surface area contributed by atoms with Crippen molar-refractivity contribution >= 4 is 23.3 Å². The summed E-state index contributed by atoms with van der Waals surface area (Å²) in [5.74, 6) is 0.945. The average Bonchev–Trinajstić information content (AvgIpc) is 2.80. The maximum absolute atomic E-state index is 12.9. The zero-order chi connectivity index (χ0) is 21.2. The van der Waals surface area contributed by atoms with Crippen molar-refractivity contribution in [2.45, 2.75) is 57.3 Å². The van der Waals surface area contributed by atoms with E-state index in [2.05, 4.69) is 29.6 Å². The molecule has 5 rings (SSSR count). The summed E-state index contributed by atoms with van der Waals surface area (Å²) in [6.45, 7) is 0. The van der Waals surface area contributed by atoms with Gasteiger partial charge in [-0.15, -0.1) is 0 Å². The van der Waals surface area contributed by atoms with E-state index in [1.54, 1.807) is 0 Å². The van der Waals surface area contributed by atoms with Crippen molar-refractivity contribution in [3.8, 4) is 11.3 Å². The van der Waals surface area contributed by atoms with Crippen molar-refractivity contribution in [3.63, 3.8) is 0 Å². The quantitative estimate of drug-likeness (QED) is 0.541. The van der Waals surface area contributed by atoms with Crippen LogP contribution in [0.25, 0.3) is 11.3 Å². The van der Waals surface area contributed by atoms with Crippen LogP contribution in [0.2, 0.25) is 5.02 Å². The van der Waals surface area contributed by atoms with Crippen LogP contribution in [-0.4, -0.2) is 15.9 Å². The molecule has 0 unspecified atom stereocenters. The van der Waals surface area contributed by atoms with Gasteiger partial charge in [0.25, 0.3) is 0 Å². The van der Waals surface area contributed by atoms with Crippen LogP contribution < -0.4 is 5.32 Å². The summed E-state index contributed by atoms with van der Waals surface area (Å²) in [7, 11) is 0. The van der Waals surface area contributed by atoms with E-state index in [-0.39, 0.29) is 5.91 Å². The fourth-order valence-electron chi connectivity index (χ4n) is 4.81. The third-order valence-corrected chi connectivity index (χ3v) is 6.68. The molecule has 158 valence electrons. The van der Waals surface area contributed by atoms with Crippen LogP contribution in [0.15, 0.2) is 48.5 Å². The third-order valence-electron chi connectivity index (χ3n) is 6.43. The lowest BCUT2D eigenvalue weighted by Crippen LogP contribution is -2.21. The maximum atomic E-state index is 12.9.